The molecule has 132 valence electrons. The van der Waals surface area contributed by atoms with Crippen LogP contribution in [0.25, 0.3) is 0 Å². The SMILES string of the molecule is CC(NC(=O)C1(C(=O)O)CC=CC1)c1ccc(N2CCNC2=O)cc1. The number of anilines is 1. The topological polar surface area (TPSA) is 98.7 Å². The van der Waals surface area contributed by atoms with E-state index in [0.29, 0.717) is 13.1 Å². The third kappa shape index (κ3) is 3.09. The predicted molar refractivity (Wildman–Crippen MR) is 92.2 cm³/mol. The van der Waals surface area contributed by atoms with Gasteiger partial charge >= 0.3 is 12.0 Å². The lowest BCUT2D eigenvalue weighted by Crippen LogP contribution is -2.45. The normalized spacial score (nSPS) is 19.6. The summed E-state index contributed by atoms with van der Waals surface area (Å²) in [4.78, 5) is 37.4. The Morgan fingerprint density at radius 2 is 1.88 bits per heavy atom. The number of hydrogen-bond donors (Lipinski definition) is 3. The van der Waals surface area contributed by atoms with E-state index in [1.54, 1.807) is 17.1 Å². The van der Waals surface area contributed by atoms with Gasteiger partial charge in [0.05, 0.1) is 6.04 Å². The number of rotatable bonds is 5. The minimum atomic E-state index is -1.40. The molecule has 1 saturated heterocycles. The van der Waals surface area contributed by atoms with Crippen LogP contribution in [-0.2, 0) is 9.59 Å². The lowest BCUT2D eigenvalue weighted by molar-refractivity contribution is -0.155. The zero-order valence-electron chi connectivity index (χ0n) is 14.0. The fraction of sp³-hybridized carbons (Fsp3) is 0.389. The van der Waals surface area contributed by atoms with Gasteiger partial charge in [-0.25, -0.2) is 4.79 Å². The Kier molecular flexibility index (Phi) is 4.48. The first-order chi connectivity index (χ1) is 11.9. The largest absolute Gasteiger partial charge is 0.480 e. The van der Waals surface area contributed by atoms with E-state index in [1.165, 1.54) is 0 Å². The first-order valence-corrected chi connectivity index (χ1v) is 8.29. The molecule has 1 atom stereocenters. The highest BCUT2D eigenvalue weighted by atomic mass is 16.4. The number of nitrogens with one attached hydrogen (secondary N) is 2. The Hall–Kier alpha value is -2.83. The van der Waals surface area contributed by atoms with Gasteiger partial charge < -0.3 is 15.7 Å². The second-order valence-corrected chi connectivity index (χ2v) is 6.44. The van der Waals surface area contributed by atoms with Gasteiger partial charge in [-0.3, -0.25) is 14.5 Å². The maximum Gasteiger partial charge on any atom is 0.321 e. The van der Waals surface area contributed by atoms with Gasteiger partial charge in [-0.2, -0.15) is 0 Å². The summed E-state index contributed by atoms with van der Waals surface area (Å²) in [6, 6.07) is 6.88. The van der Waals surface area contributed by atoms with Crippen LogP contribution in [0.2, 0.25) is 0 Å². The van der Waals surface area contributed by atoms with E-state index in [2.05, 4.69) is 10.6 Å². The molecule has 0 radical (unpaired) electrons. The van der Waals surface area contributed by atoms with Gasteiger partial charge in [-0.05, 0) is 37.5 Å². The van der Waals surface area contributed by atoms with Crippen molar-refractivity contribution in [2.24, 2.45) is 5.41 Å². The number of aliphatic carboxylic acids is 1. The predicted octanol–water partition coefficient (Wildman–Crippen LogP) is 1.81. The van der Waals surface area contributed by atoms with Gasteiger partial charge in [0.2, 0.25) is 5.91 Å². The van der Waals surface area contributed by atoms with Crippen LogP contribution in [-0.4, -0.2) is 36.1 Å². The van der Waals surface area contributed by atoms with E-state index in [4.69, 9.17) is 0 Å². The van der Waals surface area contributed by atoms with E-state index >= 15 is 0 Å². The van der Waals surface area contributed by atoms with Crippen LogP contribution < -0.4 is 15.5 Å². The van der Waals surface area contributed by atoms with Gasteiger partial charge in [0, 0.05) is 18.8 Å². The summed E-state index contributed by atoms with van der Waals surface area (Å²) in [6.07, 6.45) is 3.89. The molecule has 2 aliphatic rings. The highest BCUT2D eigenvalue weighted by Gasteiger charge is 2.46. The van der Waals surface area contributed by atoms with E-state index < -0.39 is 17.3 Å². The number of nitrogens with zero attached hydrogens (tertiary/aromatic N) is 1. The van der Waals surface area contributed by atoms with Gasteiger partial charge in [0.15, 0.2) is 5.41 Å². The van der Waals surface area contributed by atoms with E-state index in [-0.39, 0.29) is 24.9 Å². The zero-order valence-corrected chi connectivity index (χ0v) is 14.0. The van der Waals surface area contributed by atoms with Crippen molar-refractivity contribution in [3.63, 3.8) is 0 Å². The molecule has 1 aliphatic heterocycles. The third-order valence-electron chi connectivity index (χ3n) is 4.85. The number of hydrogen-bond acceptors (Lipinski definition) is 3. The Labute approximate surface area is 145 Å². The second-order valence-electron chi connectivity index (χ2n) is 6.44. The number of allylic oxidation sites excluding steroid dienone is 2. The Morgan fingerprint density at radius 3 is 2.40 bits per heavy atom. The number of carbonyl (C=O) groups is 3. The summed E-state index contributed by atoms with van der Waals surface area (Å²) in [5.41, 5.74) is 0.240. The molecule has 0 aromatic heterocycles. The average Bonchev–Trinajstić information content (AvgIpc) is 3.24. The summed E-state index contributed by atoms with van der Waals surface area (Å²) in [5.74, 6) is -1.57. The molecule has 0 saturated carbocycles. The zero-order chi connectivity index (χ0) is 18.0. The molecule has 3 N–H and O–H groups in total. The van der Waals surface area contributed by atoms with Crippen molar-refractivity contribution in [2.75, 3.05) is 18.0 Å². The lowest BCUT2D eigenvalue weighted by Gasteiger charge is -2.25. The number of carboxylic acids is 1. The summed E-state index contributed by atoms with van der Waals surface area (Å²) in [5, 5.41) is 15.0. The Balaban J connectivity index is 1.69. The number of benzene rings is 1. The molecule has 0 spiro atoms. The number of carbonyl (C=O) groups excluding carboxylic acids is 2. The second kappa shape index (κ2) is 6.58. The van der Waals surface area contributed by atoms with Crippen LogP contribution >= 0.6 is 0 Å². The lowest BCUT2D eigenvalue weighted by atomic mass is 9.84. The monoisotopic (exact) mass is 343 g/mol. The molecule has 7 nitrogen and oxygen atoms in total. The van der Waals surface area contributed by atoms with Crippen molar-refractivity contribution in [2.45, 2.75) is 25.8 Å². The van der Waals surface area contributed by atoms with Crippen molar-refractivity contribution in [3.05, 3.63) is 42.0 Å². The first-order valence-electron chi connectivity index (χ1n) is 8.29. The number of carboxylic acid groups (broad SMARTS) is 1. The van der Waals surface area contributed by atoms with Crippen LogP contribution in [0, 0.1) is 5.41 Å². The molecule has 1 aromatic carbocycles. The maximum absolute atomic E-state index is 12.5. The molecule has 1 aliphatic carbocycles. The van der Waals surface area contributed by atoms with E-state index in [0.717, 1.165) is 11.3 Å². The molecule has 25 heavy (non-hydrogen) atoms. The van der Waals surface area contributed by atoms with Crippen molar-refractivity contribution < 1.29 is 19.5 Å². The smallest absolute Gasteiger partial charge is 0.321 e. The van der Waals surface area contributed by atoms with Crippen molar-refractivity contribution in [1.82, 2.24) is 10.6 Å². The van der Waals surface area contributed by atoms with E-state index in [1.807, 2.05) is 31.2 Å². The van der Waals surface area contributed by atoms with Crippen LogP contribution in [0.4, 0.5) is 10.5 Å². The van der Waals surface area contributed by atoms with Gasteiger partial charge in [-0.1, -0.05) is 24.3 Å². The molecule has 0 bridgehead atoms. The summed E-state index contributed by atoms with van der Waals surface area (Å²) >= 11 is 0. The molecule has 1 aromatic rings. The van der Waals surface area contributed by atoms with Crippen LogP contribution in [0.1, 0.15) is 31.4 Å². The Bertz CT molecular complexity index is 718. The first kappa shape index (κ1) is 17.0. The fourth-order valence-corrected chi connectivity index (χ4v) is 3.19. The van der Waals surface area contributed by atoms with Crippen molar-refractivity contribution in [1.29, 1.82) is 0 Å². The highest BCUT2D eigenvalue weighted by molar-refractivity contribution is 6.03. The maximum atomic E-state index is 12.5. The standard InChI is InChI=1S/C18H21N3O4/c1-12(20-15(22)18(16(23)24)8-2-3-9-18)13-4-6-14(7-5-13)21-11-10-19-17(21)25/h2-7,12H,8-11H2,1H3,(H,19,25)(H,20,22)(H,23,24). The van der Waals surface area contributed by atoms with Gasteiger partial charge in [0.1, 0.15) is 0 Å². The average molecular weight is 343 g/mol. The van der Waals surface area contributed by atoms with Crippen molar-refractivity contribution in [3.8, 4) is 0 Å². The van der Waals surface area contributed by atoms with Gasteiger partial charge in [0.25, 0.3) is 0 Å². The molecule has 7 heteroatoms. The van der Waals surface area contributed by atoms with Crippen LogP contribution in [0.15, 0.2) is 36.4 Å². The molecular weight excluding hydrogens is 322 g/mol. The van der Waals surface area contributed by atoms with Crippen LogP contribution in [0.5, 0.6) is 0 Å². The summed E-state index contributed by atoms with van der Waals surface area (Å²) < 4.78 is 0. The quantitative estimate of drug-likeness (QED) is 0.561. The molecule has 1 unspecified atom stereocenters. The third-order valence-corrected chi connectivity index (χ3v) is 4.85. The van der Waals surface area contributed by atoms with E-state index in [9.17, 15) is 19.5 Å². The molecule has 1 fully saturated rings. The molecular formula is C18H21N3O4. The van der Waals surface area contributed by atoms with Crippen molar-refractivity contribution >= 4 is 23.6 Å². The molecule has 3 rings (SSSR count). The Morgan fingerprint density at radius 1 is 1.24 bits per heavy atom. The summed E-state index contributed by atoms with van der Waals surface area (Å²) in [7, 11) is 0. The van der Waals surface area contributed by atoms with Gasteiger partial charge in [-0.15, -0.1) is 0 Å². The number of amides is 3. The minimum absolute atomic E-state index is 0.119. The molecule has 3 amide bonds. The minimum Gasteiger partial charge on any atom is -0.480 e. The summed E-state index contributed by atoms with van der Waals surface area (Å²) in [6.45, 7) is 3.06. The number of urea groups is 1. The highest BCUT2D eigenvalue weighted by Crippen LogP contribution is 2.34. The van der Waals surface area contributed by atoms with Crippen LogP contribution in [0.3, 0.4) is 0 Å². The molecule has 1 heterocycles. The fourth-order valence-electron chi connectivity index (χ4n) is 3.19.